The van der Waals surface area contributed by atoms with Crippen LogP contribution in [0.4, 0.5) is 18.0 Å². The van der Waals surface area contributed by atoms with Gasteiger partial charge in [-0.1, -0.05) is 23.8 Å². The molecule has 3 N–H and O–H groups in total. The number of pyridine rings is 1. The second kappa shape index (κ2) is 14.6. The van der Waals surface area contributed by atoms with Gasteiger partial charge in [-0.05, 0) is 57.6 Å². The molecule has 2 unspecified atom stereocenters. The number of alkyl halides is 3. The summed E-state index contributed by atoms with van der Waals surface area (Å²) < 4.78 is 78.7. The Morgan fingerprint density at radius 1 is 1.19 bits per heavy atom. The molecule has 3 atom stereocenters. The number of methoxy groups -OCH3 is 1. The Morgan fingerprint density at radius 2 is 1.94 bits per heavy atom. The Labute approximate surface area is 312 Å². The van der Waals surface area contributed by atoms with Crippen LogP contribution in [-0.2, 0) is 25.8 Å². The molecule has 13 nitrogen and oxygen atoms in total. The van der Waals surface area contributed by atoms with Crippen LogP contribution in [0.2, 0.25) is 5.02 Å². The van der Waals surface area contributed by atoms with Gasteiger partial charge >= 0.3 is 12.2 Å². The average molecular weight is 799 g/mol. The van der Waals surface area contributed by atoms with Gasteiger partial charge in [0.1, 0.15) is 38.8 Å². The van der Waals surface area contributed by atoms with Crippen LogP contribution in [-0.4, -0.2) is 84.8 Å². The van der Waals surface area contributed by atoms with Crippen molar-refractivity contribution in [1.82, 2.24) is 30.2 Å². The summed E-state index contributed by atoms with van der Waals surface area (Å²) in [6.07, 6.45) is 1.99. The SMILES string of the molecule is COc1ccc2c(OCCC3NC(=O)N(C)CCCC/C=C\C4C[C@@]4(C(=O)NS(=O)(=O)C4(C)CC4)NC3=O)cc(-c3nc(C(F)(F)F)cs3)nc2c1Cl. The number of carbonyl (C=O) groups excluding carboxylic acids is 3. The minimum Gasteiger partial charge on any atom is -0.495 e. The number of carbonyl (C=O) groups is 3. The lowest BCUT2D eigenvalue weighted by Gasteiger charge is -2.26. The molecule has 2 saturated carbocycles. The van der Waals surface area contributed by atoms with Gasteiger partial charge in [-0.25, -0.2) is 23.2 Å². The Kier molecular flexibility index (Phi) is 10.6. The fraction of sp³-hybridized carbons (Fsp3) is 0.500. The van der Waals surface area contributed by atoms with Crippen molar-refractivity contribution in [3.63, 3.8) is 0 Å². The van der Waals surface area contributed by atoms with Crippen LogP contribution >= 0.6 is 22.9 Å². The summed E-state index contributed by atoms with van der Waals surface area (Å²) in [5.74, 6) is -1.63. The summed E-state index contributed by atoms with van der Waals surface area (Å²) in [4.78, 5) is 50.4. The quantitative estimate of drug-likeness (QED) is 0.239. The van der Waals surface area contributed by atoms with Crippen molar-refractivity contribution in [3.05, 3.63) is 46.4 Å². The van der Waals surface area contributed by atoms with Gasteiger partial charge in [0.05, 0.1) is 24.0 Å². The predicted octanol–water partition coefficient (Wildman–Crippen LogP) is 5.43. The molecule has 53 heavy (non-hydrogen) atoms. The molecule has 2 aromatic heterocycles. The lowest BCUT2D eigenvalue weighted by Crippen LogP contribution is -2.58. The van der Waals surface area contributed by atoms with Crippen molar-refractivity contribution < 1.29 is 45.4 Å². The van der Waals surface area contributed by atoms with E-state index >= 15 is 0 Å². The second-order valence-corrected chi connectivity index (χ2v) is 17.1. The van der Waals surface area contributed by atoms with Gasteiger partial charge in [-0.15, -0.1) is 11.3 Å². The molecule has 19 heteroatoms. The molecular weight excluding hydrogens is 761 g/mol. The molecular formula is C34H38ClF3N6O7S2. The highest BCUT2D eigenvalue weighted by Crippen LogP contribution is 2.47. The number of nitrogens with zero attached hydrogens (tertiary/aromatic N) is 3. The summed E-state index contributed by atoms with van der Waals surface area (Å²) in [6.45, 7) is 1.76. The topological polar surface area (TPSA) is 169 Å². The van der Waals surface area contributed by atoms with Crippen molar-refractivity contribution in [2.24, 2.45) is 5.92 Å². The number of aromatic nitrogens is 2. The first-order valence-electron chi connectivity index (χ1n) is 16.9. The molecule has 0 spiro atoms. The molecule has 2 aliphatic carbocycles. The average Bonchev–Trinajstić information content (AvgIpc) is 3.96. The molecule has 286 valence electrons. The van der Waals surface area contributed by atoms with Gasteiger partial charge in [0.25, 0.3) is 5.91 Å². The minimum absolute atomic E-state index is 0.0435. The lowest BCUT2D eigenvalue weighted by atomic mass is 10.1. The lowest BCUT2D eigenvalue weighted by molar-refractivity contribution is -0.140. The molecule has 0 radical (unpaired) electrons. The maximum atomic E-state index is 14.0. The smallest absolute Gasteiger partial charge is 0.434 e. The largest absolute Gasteiger partial charge is 0.495 e. The van der Waals surface area contributed by atoms with Crippen LogP contribution in [0.1, 0.15) is 57.6 Å². The number of benzene rings is 1. The van der Waals surface area contributed by atoms with Crippen molar-refractivity contribution in [1.29, 1.82) is 0 Å². The van der Waals surface area contributed by atoms with Gasteiger partial charge in [0, 0.05) is 42.8 Å². The number of allylic oxidation sites excluding steroid dienone is 1. The molecule has 0 bridgehead atoms. The van der Waals surface area contributed by atoms with Crippen LogP contribution in [0.3, 0.4) is 0 Å². The molecule has 0 saturated heterocycles. The number of fused-ring (bicyclic) bond motifs is 2. The molecule has 3 heterocycles. The summed E-state index contributed by atoms with van der Waals surface area (Å²) in [7, 11) is -1.02. The normalized spacial score (nSPS) is 23.9. The van der Waals surface area contributed by atoms with E-state index < -0.39 is 62.0 Å². The zero-order valence-electron chi connectivity index (χ0n) is 29.0. The first-order chi connectivity index (χ1) is 25.0. The number of nitrogens with one attached hydrogen (secondary N) is 3. The number of rotatable bonds is 9. The summed E-state index contributed by atoms with van der Waals surface area (Å²) in [5, 5.41) is 6.76. The van der Waals surface area contributed by atoms with Gasteiger partial charge in [0.2, 0.25) is 15.9 Å². The van der Waals surface area contributed by atoms with E-state index in [-0.39, 0.29) is 52.2 Å². The summed E-state index contributed by atoms with van der Waals surface area (Å²) >= 11 is 7.30. The van der Waals surface area contributed by atoms with Crippen LogP contribution in [0.15, 0.2) is 35.7 Å². The Hall–Kier alpha value is -4.16. The number of urea groups is 1. The fourth-order valence-electron chi connectivity index (χ4n) is 5.97. The van der Waals surface area contributed by atoms with E-state index in [0.29, 0.717) is 37.6 Å². The minimum atomic E-state index is -4.67. The number of ether oxygens (including phenoxy) is 2. The maximum Gasteiger partial charge on any atom is 0.434 e. The number of sulfonamides is 1. The third kappa shape index (κ3) is 8.04. The van der Waals surface area contributed by atoms with Crippen LogP contribution in [0, 0.1) is 5.92 Å². The number of halogens is 4. The number of hydrogen-bond acceptors (Lipinski definition) is 10. The zero-order chi connectivity index (χ0) is 38.3. The monoisotopic (exact) mass is 798 g/mol. The zero-order valence-corrected chi connectivity index (χ0v) is 31.4. The number of amides is 4. The van der Waals surface area contributed by atoms with Gasteiger partial charge in [-0.3, -0.25) is 14.3 Å². The fourth-order valence-corrected chi connectivity index (χ4v) is 8.36. The van der Waals surface area contributed by atoms with E-state index in [1.54, 1.807) is 26.1 Å². The molecule has 3 aromatic rings. The van der Waals surface area contributed by atoms with Crippen LogP contribution < -0.4 is 24.8 Å². The Bertz CT molecular complexity index is 2070. The second-order valence-electron chi connectivity index (χ2n) is 13.7. The van der Waals surface area contributed by atoms with Crippen molar-refractivity contribution >= 4 is 61.7 Å². The van der Waals surface area contributed by atoms with E-state index in [4.69, 9.17) is 21.1 Å². The summed E-state index contributed by atoms with van der Waals surface area (Å²) in [6, 6.07) is 2.79. The standard InChI is InChI=1S/C34H38ClF3N6O7S2/c1-32(12-13-32)53(48,49)43-30(46)33-17-19(33)8-6-4-5-7-14-44(2)31(47)40-21(28(45)42-33)11-15-51-24-16-22(29-41-25(18-52-29)34(36,37)38)39-27-20(24)9-10-23(50-3)26(27)35/h6,8-10,16,18-19,21H,4-5,7,11-15,17H2,1-3H3,(H,40,47)(H,42,45)(H,43,46)/b8-6-/t19?,21?,33-/m1/s1. The Balaban J connectivity index is 1.28. The first-order valence-corrected chi connectivity index (χ1v) is 19.6. The number of hydrogen-bond donors (Lipinski definition) is 3. The maximum absolute atomic E-state index is 14.0. The van der Waals surface area contributed by atoms with Crippen molar-refractivity contribution in [2.45, 2.75) is 74.4 Å². The predicted molar refractivity (Wildman–Crippen MR) is 191 cm³/mol. The van der Waals surface area contributed by atoms with Crippen molar-refractivity contribution in [2.75, 3.05) is 27.3 Å². The van der Waals surface area contributed by atoms with Gasteiger partial charge in [0.15, 0.2) is 5.69 Å². The molecule has 6 rings (SSSR count). The van der Waals surface area contributed by atoms with E-state index in [1.807, 2.05) is 12.2 Å². The molecule has 1 aliphatic heterocycles. The summed E-state index contributed by atoms with van der Waals surface area (Å²) in [5.41, 5.74) is -2.42. The molecule has 1 aromatic carbocycles. The van der Waals surface area contributed by atoms with Gasteiger partial charge in [-0.2, -0.15) is 13.2 Å². The number of thiazole rings is 1. The third-order valence-corrected chi connectivity index (χ3v) is 13.2. The highest BCUT2D eigenvalue weighted by Gasteiger charge is 2.62. The van der Waals surface area contributed by atoms with Crippen LogP contribution in [0.25, 0.3) is 21.6 Å². The van der Waals surface area contributed by atoms with E-state index in [1.165, 1.54) is 18.1 Å². The molecule has 3 aliphatic rings. The van der Waals surface area contributed by atoms with Crippen LogP contribution in [0.5, 0.6) is 11.5 Å². The van der Waals surface area contributed by atoms with Crippen molar-refractivity contribution in [3.8, 4) is 22.2 Å². The molecule has 4 amide bonds. The highest BCUT2D eigenvalue weighted by molar-refractivity contribution is 7.91. The highest BCUT2D eigenvalue weighted by atomic mass is 35.5. The van der Waals surface area contributed by atoms with E-state index in [0.717, 1.165) is 23.1 Å². The van der Waals surface area contributed by atoms with E-state index in [2.05, 4.69) is 25.3 Å². The molecule has 2 fully saturated rings. The third-order valence-electron chi connectivity index (χ3n) is 9.78. The Morgan fingerprint density at radius 3 is 2.62 bits per heavy atom. The van der Waals surface area contributed by atoms with Gasteiger partial charge < -0.3 is 25.0 Å². The first kappa shape index (κ1) is 38.6. The van der Waals surface area contributed by atoms with E-state index in [9.17, 15) is 36.0 Å².